The fraction of sp³-hybridized carbons (Fsp3) is 0.259. The van der Waals surface area contributed by atoms with E-state index in [-0.39, 0.29) is 6.42 Å². The lowest BCUT2D eigenvalue weighted by molar-refractivity contribution is -0.137. The summed E-state index contributed by atoms with van der Waals surface area (Å²) in [7, 11) is 0. The number of carboxylic acid groups (broad SMARTS) is 1. The van der Waals surface area contributed by atoms with Gasteiger partial charge in [0.2, 0.25) is 0 Å². The molecule has 35 heavy (non-hydrogen) atoms. The highest BCUT2D eigenvalue weighted by Gasteiger charge is 2.20. The summed E-state index contributed by atoms with van der Waals surface area (Å²) < 4.78 is 7.91. The Balaban J connectivity index is 1.32. The summed E-state index contributed by atoms with van der Waals surface area (Å²) in [5.41, 5.74) is 4.22. The number of anilines is 1. The zero-order valence-corrected chi connectivity index (χ0v) is 19.1. The molecule has 0 amide bonds. The molecule has 8 heteroatoms. The van der Waals surface area contributed by atoms with Crippen molar-refractivity contribution in [1.82, 2.24) is 14.5 Å². The van der Waals surface area contributed by atoms with Gasteiger partial charge in [0.1, 0.15) is 17.6 Å². The third-order valence-corrected chi connectivity index (χ3v) is 6.25. The van der Waals surface area contributed by atoms with E-state index in [2.05, 4.69) is 28.5 Å². The molecule has 1 aliphatic heterocycles. The topological polar surface area (TPSA) is 113 Å². The van der Waals surface area contributed by atoms with Gasteiger partial charge in [0.05, 0.1) is 24.6 Å². The molecule has 0 saturated carbocycles. The number of carboxylic acids is 1. The smallest absolute Gasteiger partial charge is 0.305 e. The van der Waals surface area contributed by atoms with Crippen molar-refractivity contribution in [2.45, 2.75) is 31.7 Å². The summed E-state index contributed by atoms with van der Waals surface area (Å²) in [4.78, 5) is 20.4. The molecule has 1 aliphatic rings. The summed E-state index contributed by atoms with van der Waals surface area (Å²) in [5.74, 6) is 0.808. The van der Waals surface area contributed by atoms with Crippen LogP contribution in [0.4, 0.5) is 5.82 Å². The van der Waals surface area contributed by atoms with Crippen LogP contribution in [0.5, 0.6) is 5.75 Å². The van der Waals surface area contributed by atoms with Gasteiger partial charge < -0.3 is 19.7 Å². The molecule has 0 spiro atoms. The van der Waals surface area contributed by atoms with E-state index >= 15 is 0 Å². The monoisotopic (exact) mass is 467 g/mol. The molecule has 0 radical (unpaired) electrons. The van der Waals surface area contributed by atoms with E-state index in [1.54, 1.807) is 12.3 Å². The quantitative estimate of drug-likeness (QED) is 0.396. The SMILES string of the molecule is N#Cc1cncc(C(CC(=O)O)n2ccc3cc(OCCc4ccc5c(n4)NCCC5)ccc32)c1. The number of rotatable bonds is 8. The average molecular weight is 468 g/mol. The van der Waals surface area contributed by atoms with Crippen molar-refractivity contribution in [3.8, 4) is 11.8 Å². The molecule has 176 valence electrons. The van der Waals surface area contributed by atoms with Gasteiger partial charge in [-0.2, -0.15) is 5.26 Å². The Morgan fingerprint density at radius 2 is 2.14 bits per heavy atom. The molecule has 2 N–H and O–H groups in total. The van der Waals surface area contributed by atoms with Crippen LogP contribution in [0.2, 0.25) is 0 Å². The van der Waals surface area contributed by atoms with Crippen LogP contribution in [0, 0.1) is 11.3 Å². The lowest BCUT2D eigenvalue weighted by atomic mass is 10.0. The standard InChI is InChI=1S/C27H25N5O3/c28-15-18-12-21(17-29-16-18)25(14-26(33)34)32-10-7-20-13-23(5-6-24(20)32)35-11-8-22-4-3-19-2-1-9-30-27(19)31-22/h3-7,10,12-13,16-17,25H,1-2,8-9,11,14H2,(H,30,31)(H,33,34). The number of benzene rings is 1. The van der Waals surface area contributed by atoms with Crippen molar-refractivity contribution in [2.75, 3.05) is 18.5 Å². The molecule has 5 rings (SSSR count). The Morgan fingerprint density at radius 3 is 3.00 bits per heavy atom. The predicted octanol–water partition coefficient (Wildman–Crippen LogP) is 4.35. The highest BCUT2D eigenvalue weighted by Crippen LogP contribution is 2.30. The van der Waals surface area contributed by atoms with Crippen LogP contribution >= 0.6 is 0 Å². The maximum atomic E-state index is 11.6. The lowest BCUT2D eigenvalue weighted by Gasteiger charge is -2.19. The third kappa shape index (κ3) is 4.94. The van der Waals surface area contributed by atoms with E-state index in [1.165, 1.54) is 11.8 Å². The molecule has 1 unspecified atom stereocenters. The van der Waals surface area contributed by atoms with Crippen LogP contribution in [-0.4, -0.2) is 38.8 Å². The summed E-state index contributed by atoms with van der Waals surface area (Å²) in [6.45, 7) is 1.47. The van der Waals surface area contributed by atoms with Crippen molar-refractivity contribution in [3.63, 3.8) is 0 Å². The Hall–Kier alpha value is -4.38. The van der Waals surface area contributed by atoms with Gasteiger partial charge in [-0.05, 0) is 60.4 Å². The molecule has 0 fully saturated rings. The molecule has 0 aliphatic carbocycles. The minimum Gasteiger partial charge on any atom is -0.493 e. The Kier molecular flexibility index (Phi) is 6.31. The molecule has 3 aromatic heterocycles. The van der Waals surface area contributed by atoms with Gasteiger partial charge in [-0.3, -0.25) is 9.78 Å². The predicted molar refractivity (Wildman–Crippen MR) is 132 cm³/mol. The van der Waals surface area contributed by atoms with Crippen molar-refractivity contribution in [1.29, 1.82) is 5.26 Å². The minimum absolute atomic E-state index is 0.124. The van der Waals surface area contributed by atoms with Gasteiger partial charge in [0.15, 0.2) is 0 Å². The molecule has 4 heterocycles. The average Bonchev–Trinajstić information content (AvgIpc) is 3.30. The third-order valence-electron chi connectivity index (χ3n) is 6.25. The van der Waals surface area contributed by atoms with Crippen molar-refractivity contribution >= 4 is 22.7 Å². The number of pyridine rings is 2. The van der Waals surface area contributed by atoms with Gasteiger partial charge in [0.25, 0.3) is 0 Å². The number of aryl methyl sites for hydroxylation is 1. The largest absolute Gasteiger partial charge is 0.493 e. The van der Waals surface area contributed by atoms with Crippen molar-refractivity contribution in [2.24, 2.45) is 0 Å². The van der Waals surface area contributed by atoms with E-state index in [4.69, 9.17) is 9.72 Å². The van der Waals surface area contributed by atoms with Crippen LogP contribution < -0.4 is 10.1 Å². The summed E-state index contributed by atoms with van der Waals surface area (Å²) in [5, 5.41) is 23.0. The van der Waals surface area contributed by atoms with Crippen molar-refractivity contribution in [3.05, 3.63) is 83.4 Å². The number of carbonyl (C=O) groups is 1. The van der Waals surface area contributed by atoms with Crippen LogP contribution in [0.3, 0.4) is 0 Å². The minimum atomic E-state index is -0.926. The van der Waals surface area contributed by atoms with Crippen LogP contribution in [0.25, 0.3) is 10.9 Å². The molecule has 0 bridgehead atoms. The number of hydrogen-bond donors (Lipinski definition) is 2. The first-order valence-electron chi connectivity index (χ1n) is 11.6. The zero-order valence-electron chi connectivity index (χ0n) is 19.1. The van der Waals surface area contributed by atoms with E-state index < -0.39 is 12.0 Å². The van der Waals surface area contributed by atoms with Gasteiger partial charge in [-0.1, -0.05) is 6.07 Å². The molecule has 1 atom stereocenters. The second-order valence-corrected chi connectivity index (χ2v) is 8.62. The number of nitriles is 1. The molecule has 0 saturated heterocycles. The highest BCUT2D eigenvalue weighted by atomic mass is 16.5. The van der Waals surface area contributed by atoms with Crippen LogP contribution in [0.15, 0.2) is 61.1 Å². The fourth-order valence-corrected chi connectivity index (χ4v) is 4.53. The number of ether oxygens (including phenoxy) is 1. The molecule has 4 aromatic rings. The first-order valence-corrected chi connectivity index (χ1v) is 11.6. The molecule has 1 aromatic carbocycles. The van der Waals surface area contributed by atoms with Crippen LogP contribution in [0.1, 0.15) is 41.3 Å². The second kappa shape index (κ2) is 9.85. The summed E-state index contributed by atoms with van der Waals surface area (Å²) in [6.07, 6.45) is 7.74. The fourth-order valence-electron chi connectivity index (χ4n) is 4.53. The Bertz CT molecular complexity index is 1420. The first-order chi connectivity index (χ1) is 17.1. The summed E-state index contributed by atoms with van der Waals surface area (Å²) >= 11 is 0. The number of hydrogen-bond acceptors (Lipinski definition) is 6. The lowest BCUT2D eigenvalue weighted by Crippen LogP contribution is -2.15. The number of aliphatic carboxylic acids is 1. The van der Waals surface area contributed by atoms with E-state index in [1.807, 2.05) is 35.0 Å². The Morgan fingerprint density at radius 1 is 1.23 bits per heavy atom. The van der Waals surface area contributed by atoms with E-state index in [0.29, 0.717) is 24.2 Å². The van der Waals surface area contributed by atoms with Gasteiger partial charge in [-0.25, -0.2) is 4.98 Å². The normalized spacial score (nSPS) is 13.5. The van der Waals surface area contributed by atoms with E-state index in [0.717, 1.165) is 47.6 Å². The van der Waals surface area contributed by atoms with Gasteiger partial charge in [-0.15, -0.1) is 0 Å². The Labute approximate surface area is 202 Å². The molecular weight excluding hydrogens is 442 g/mol. The number of nitrogens with one attached hydrogen (secondary N) is 1. The molecular formula is C27H25N5O3. The maximum absolute atomic E-state index is 11.6. The number of fused-ring (bicyclic) bond motifs is 2. The van der Waals surface area contributed by atoms with Gasteiger partial charge >= 0.3 is 5.97 Å². The highest BCUT2D eigenvalue weighted by molar-refractivity contribution is 5.82. The first kappa shape index (κ1) is 22.4. The second-order valence-electron chi connectivity index (χ2n) is 8.62. The van der Waals surface area contributed by atoms with E-state index in [9.17, 15) is 15.2 Å². The van der Waals surface area contributed by atoms with Crippen LogP contribution in [-0.2, 0) is 17.6 Å². The van der Waals surface area contributed by atoms with Gasteiger partial charge in [0, 0.05) is 48.2 Å². The zero-order chi connectivity index (χ0) is 24.2. The maximum Gasteiger partial charge on any atom is 0.305 e. The number of nitrogens with zero attached hydrogens (tertiary/aromatic N) is 4. The number of aromatic nitrogens is 3. The molecule has 8 nitrogen and oxygen atoms in total. The van der Waals surface area contributed by atoms with Crippen molar-refractivity contribution < 1.29 is 14.6 Å². The summed E-state index contributed by atoms with van der Waals surface area (Å²) in [6, 6.07) is 15.2.